The minimum atomic E-state index is -0.987. The van der Waals surface area contributed by atoms with E-state index in [4.69, 9.17) is 9.57 Å². The monoisotopic (exact) mass is 430 g/mol. The molecule has 7 nitrogen and oxygen atoms in total. The van der Waals surface area contributed by atoms with Crippen molar-refractivity contribution in [2.45, 2.75) is 19.1 Å². The Labute approximate surface area is 185 Å². The lowest BCUT2D eigenvalue weighted by atomic mass is 9.90. The van der Waals surface area contributed by atoms with Gasteiger partial charge in [-0.2, -0.15) is 0 Å². The van der Waals surface area contributed by atoms with Crippen LogP contribution in [0, 0.1) is 5.92 Å². The van der Waals surface area contributed by atoms with E-state index in [1.54, 1.807) is 53.6 Å². The fourth-order valence-electron chi connectivity index (χ4n) is 4.38. The normalized spacial score (nSPS) is 22.3. The number of anilines is 2. The molecule has 0 saturated carbocycles. The van der Waals surface area contributed by atoms with Crippen molar-refractivity contribution >= 4 is 23.2 Å². The van der Waals surface area contributed by atoms with Crippen molar-refractivity contribution in [2.75, 3.05) is 16.6 Å². The Hall–Kier alpha value is -3.84. The molecule has 1 N–H and O–H groups in total. The third-order valence-electron chi connectivity index (χ3n) is 5.79. The fourth-order valence-corrected chi connectivity index (χ4v) is 4.38. The summed E-state index contributed by atoms with van der Waals surface area (Å²) in [5, 5.41) is 12.1. The number of hydrogen-bond acceptors (Lipinski definition) is 6. The fraction of sp³-hybridized carbons (Fsp3) is 0.200. The number of aromatic hydroxyl groups is 1. The third kappa shape index (κ3) is 3.18. The summed E-state index contributed by atoms with van der Waals surface area (Å²) in [6.07, 6.45) is -0.987. The van der Waals surface area contributed by atoms with E-state index in [1.807, 2.05) is 37.3 Å². The molecule has 2 fully saturated rings. The lowest BCUT2D eigenvalue weighted by molar-refractivity contribution is -0.126. The van der Waals surface area contributed by atoms with Gasteiger partial charge in [0.15, 0.2) is 6.10 Å². The largest absolute Gasteiger partial charge is 0.508 e. The second-order valence-corrected chi connectivity index (χ2v) is 7.66. The van der Waals surface area contributed by atoms with Crippen molar-refractivity contribution in [3.63, 3.8) is 0 Å². The average molecular weight is 430 g/mol. The first-order valence-corrected chi connectivity index (χ1v) is 10.5. The summed E-state index contributed by atoms with van der Waals surface area (Å²) < 4.78 is 5.46. The number of ether oxygens (including phenoxy) is 1. The number of nitrogens with zero attached hydrogens (tertiary/aromatic N) is 2. The van der Waals surface area contributed by atoms with Crippen molar-refractivity contribution in [3.8, 4) is 11.5 Å². The molecule has 0 aromatic heterocycles. The molecule has 7 heteroatoms. The highest BCUT2D eigenvalue weighted by Gasteiger charge is 2.60. The number of benzene rings is 3. The Bertz CT molecular complexity index is 1150. The highest BCUT2D eigenvalue weighted by Crippen LogP contribution is 2.49. The Morgan fingerprint density at radius 2 is 1.56 bits per heavy atom. The lowest BCUT2D eigenvalue weighted by Crippen LogP contribution is -2.37. The lowest BCUT2D eigenvalue weighted by Gasteiger charge is -2.29. The molecule has 0 radical (unpaired) electrons. The van der Waals surface area contributed by atoms with E-state index >= 15 is 0 Å². The Morgan fingerprint density at radius 1 is 0.875 bits per heavy atom. The van der Waals surface area contributed by atoms with Gasteiger partial charge in [0.2, 0.25) is 5.91 Å². The molecule has 3 atom stereocenters. The Balaban J connectivity index is 1.55. The smallest absolute Gasteiger partial charge is 0.266 e. The summed E-state index contributed by atoms with van der Waals surface area (Å²) >= 11 is 0. The summed E-state index contributed by atoms with van der Waals surface area (Å²) in [6, 6.07) is 22.2. The van der Waals surface area contributed by atoms with E-state index in [0.717, 1.165) is 0 Å². The predicted octanol–water partition coefficient (Wildman–Crippen LogP) is 3.84. The molecule has 2 amide bonds. The summed E-state index contributed by atoms with van der Waals surface area (Å²) in [7, 11) is 0. The molecular formula is C25H22N2O5. The molecule has 2 aliphatic heterocycles. The van der Waals surface area contributed by atoms with Gasteiger partial charge in [0.25, 0.3) is 5.91 Å². The predicted molar refractivity (Wildman–Crippen MR) is 118 cm³/mol. The van der Waals surface area contributed by atoms with E-state index in [9.17, 15) is 14.7 Å². The standard InChI is InChI=1S/C25H22N2O5/c1-2-31-18-14-12-16(13-15-18)26-24(29)21-22(19-10-6-7-11-20(19)28)27(32-23(21)25(26)30)17-8-4-3-5-9-17/h3-15,21-23,28H,2H2,1H3/t21-,22-,23+/m0/s1. The van der Waals surface area contributed by atoms with E-state index in [1.165, 1.54) is 4.90 Å². The molecule has 2 heterocycles. The van der Waals surface area contributed by atoms with Crippen molar-refractivity contribution < 1.29 is 24.3 Å². The number of carbonyl (C=O) groups excluding carboxylic acids is 2. The van der Waals surface area contributed by atoms with Crippen molar-refractivity contribution in [2.24, 2.45) is 5.92 Å². The zero-order chi connectivity index (χ0) is 22.2. The van der Waals surface area contributed by atoms with Crippen molar-refractivity contribution in [3.05, 3.63) is 84.4 Å². The first kappa shape index (κ1) is 20.1. The maximum absolute atomic E-state index is 13.6. The minimum absolute atomic E-state index is 0.0439. The van der Waals surface area contributed by atoms with Gasteiger partial charge in [-0.05, 0) is 49.4 Å². The van der Waals surface area contributed by atoms with E-state index in [0.29, 0.717) is 29.3 Å². The van der Waals surface area contributed by atoms with Crippen LogP contribution in [0.5, 0.6) is 11.5 Å². The number of hydrogen-bond donors (Lipinski definition) is 1. The van der Waals surface area contributed by atoms with Crippen LogP contribution in [0.15, 0.2) is 78.9 Å². The zero-order valence-electron chi connectivity index (χ0n) is 17.4. The van der Waals surface area contributed by atoms with Crippen molar-refractivity contribution in [1.29, 1.82) is 0 Å². The average Bonchev–Trinajstić information content (AvgIpc) is 3.32. The molecule has 162 valence electrons. The van der Waals surface area contributed by atoms with E-state index in [-0.39, 0.29) is 11.7 Å². The number of fused-ring (bicyclic) bond motifs is 1. The van der Waals surface area contributed by atoms with Crippen LogP contribution in [0.2, 0.25) is 0 Å². The first-order valence-electron chi connectivity index (χ1n) is 10.5. The van der Waals surface area contributed by atoms with Gasteiger partial charge in [0.1, 0.15) is 17.4 Å². The van der Waals surface area contributed by atoms with Gasteiger partial charge in [-0.3, -0.25) is 14.4 Å². The van der Waals surface area contributed by atoms with Crippen LogP contribution in [0.3, 0.4) is 0 Å². The summed E-state index contributed by atoms with van der Waals surface area (Å²) in [5.74, 6) is -0.891. The molecule has 5 rings (SSSR count). The van der Waals surface area contributed by atoms with Crippen LogP contribution in [0.4, 0.5) is 11.4 Å². The highest BCUT2D eigenvalue weighted by atomic mass is 16.7. The quantitative estimate of drug-likeness (QED) is 0.620. The second-order valence-electron chi connectivity index (χ2n) is 7.66. The number of phenols is 1. The van der Waals surface area contributed by atoms with Gasteiger partial charge in [-0.25, -0.2) is 9.96 Å². The van der Waals surface area contributed by atoms with Crippen LogP contribution >= 0.6 is 0 Å². The molecule has 3 aromatic carbocycles. The number of imide groups is 1. The van der Waals surface area contributed by atoms with Gasteiger partial charge in [0.05, 0.1) is 24.0 Å². The van der Waals surface area contributed by atoms with Crippen LogP contribution in [0.1, 0.15) is 18.5 Å². The van der Waals surface area contributed by atoms with Gasteiger partial charge >= 0.3 is 0 Å². The summed E-state index contributed by atoms with van der Waals surface area (Å²) in [5.41, 5.74) is 1.69. The van der Waals surface area contributed by atoms with Gasteiger partial charge in [0, 0.05) is 5.56 Å². The molecule has 32 heavy (non-hydrogen) atoms. The molecule has 3 aromatic rings. The second kappa shape index (κ2) is 8.01. The number of hydroxylamine groups is 1. The molecular weight excluding hydrogens is 408 g/mol. The number of carbonyl (C=O) groups is 2. The first-order chi connectivity index (χ1) is 15.6. The maximum atomic E-state index is 13.6. The number of rotatable bonds is 5. The van der Waals surface area contributed by atoms with E-state index < -0.39 is 24.0 Å². The summed E-state index contributed by atoms with van der Waals surface area (Å²) in [4.78, 5) is 34.1. The van der Waals surface area contributed by atoms with E-state index in [2.05, 4.69) is 0 Å². The number of amides is 2. The zero-order valence-corrected chi connectivity index (χ0v) is 17.4. The number of phenolic OH excluding ortho intramolecular Hbond substituents is 1. The van der Waals surface area contributed by atoms with Crippen LogP contribution < -0.4 is 14.7 Å². The van der Waals surface area contributed by atoms with Crippen molar-refractivity contribution in [1.82, 2.24) is 0 Å². The molecule has 0 aliphatic carbocycles. The van der Waals surface area contributed by atoms with Gasteiger partial charge in [-0.1, -0.05) is 36.4 Å². The molecule has 0 unspecified atom stereocenters. The highest BCUT2D eigenvalue weighted by molar-refractivity contribution is 6.24. The maximum Gasteiger partial charge on any atom is 0.266 e. The SMILES string of the molecule is CCOc1ccc(N2C(=O)[C@@H]3[C@@H](ON(c4ccccc4)[C@H]3c3ccccc3O)C2=O)cc1. The van der Waals surface area contributed by atoms with Gasteiger partial charge < -0.3 is 9.84 Å². The molecule has 0 bridgehead atoms. The minimum Gasteiger partial charge on any atom is -0.508 e. The van der Waals surface area contributed by atoms with Crippen LogP contribution in [-0.2, 0) is 14.4 Å². The van der Waals surface area contributed by atoms with Crippen LogP contribution in [0.25, 0.3) is 0 Å². The Kier molecular flexibility index (Phi) is 5.03. The molecule has 2 aliphatic rings. The topological polar surface area (TPSA) is 79.3 Å². The van der Waals surface area contributed by atoms with Gasteiger partial charge in [-0.15, -0.1) is 0 Å². The summed E-state index contributed by atoms with van der Waals surface area (Å²) in [6.45, 7) is 2.41. The number of para-hydroxylation sites is 2. The molecule has 2 saturated heterocycles. The molecule has 0 spiro atoms. The third-order valence-corrected chi connectivity index (χ3v) is 5.79. The Morgan fingerprint density at radius 3 is 2.25 bits per heavy atom. The van der Waals surface area contributed by atoms with Crippen LogP contribution in [-0.4, -0.2) is 29.6 Å².